The van der Waals surface area contributed by atoms with E-state index in [1.165, 1.54) is 0 Å². The van der Waals surface area contributed by atoms with Crippen molar-refractivity contribution in [1.29, 1.82) is 0 Å². The first-order valence-corrected chi connectivity index (χ1v) is 6.01. The van der Waals surface area contributed by atoms with E-state index in [0.717, 1.165) is 6.42 Å². The summed E-state index contributed by atoms with van der Waals surface area (Å²) < 4.78 is 11.2. The number of hydrogen-bond donors (Lipinski definition) is 2. The molecule has 5 heteroatoms. The van der Waals surface area contributed by atoms with Crippen molar-refractivity contribution >= 4 is 16.7 Å². The van der Waals surface area contributed by atoms with Gasteiger partial charge in [-0.3, -0.25) is 9.00 Å². The number of nitrogens with two attached hydrogens (primary N) is 1. The van der Waals surface area contributed by atoms with Gasteiger partial charge in [-0.2, -0.15) is 0 Å². The largest absolute Gasteiger partial charge is 0.356 e. The lowest BCUT2D eigenvalue weighted by atomic mass is 10.4. The van der Waals surface area contributed by atoms with Gasteiger partial charge in [0.1, 0.15) is 0 Å². The molecule has 0 aliphatic rings. The molecule has 0 aromatic carbocycles. The highest BCUT2D eigenvalue weighted by Crippen LogP contribution is 1.90. The van der Waals surface area contributed by atoms with Crippen LogP contribution in [-0.2, 0) is 15.6 Å². The summed E-state index contributed by atoms with van der Waals surface area (Å²) in [6.45, 7) is 3.06. The zero-order valence-electron chi connectivity index (χ0n) is 8.04. The van der Waals surface area contributed by atoms with Crippen LogP contribution in [0.2, 0.25) is 0 Å². The SMILES string of the molecule is CCNC(=O)CCS(=O)CCCN. The molecule has 0 saturated heterocycles. The molecule has 3 N–H and O–H groups in total. The van der Waals surface area contributed by atoms with Gasteiger partial charge in [0.15, 0.2) is 0 Å². The minimum Gasteiger partial charge on any atom is -0.356 e. The highest BCUT2D eigenvalue weighted by molar-refractivity contribution is 7.84. The van der Waals surface area contributed by atoms with Gasteiger partial charge in [0.05, 0.1) is 0 Å². The molecule has 0 bridgehead atoms. The second-order valence-corrected chi connectivity index (χ2v) is 4.39. The number of rotatable bonds is 7. The van der Waals surface area contributed by atoms with Crippen LogP contribution < -0.4 is 11.1 Å². The van der Waals surface area contributed by atoms with E-state index in [1.54, 1.807) is 0 Å². The molecule has 0 aliphatic heterocycles. The number of carbonyl (C=O) groups excluding carboxylic acids is 1. The second kappa shape index (κ2) is 8.19. The van der Waals surface area contributed by atoms with Gasteiger partial charge in [0.25, 0.3) is 0 Å². The molecule has 0 heterocycles. The van der Waals surface area contributed by atoms with E-state index < -0.39 is 10.8 Å². The van der Waals surface area contributed by atoms with Crippen LogP contribution in [0.15, 0.2) is 0 Å². The van der Waals surface area contributed by atoms with Crippen molar-refractivity contribution in [2.75, 3.05) is 24.6 Å². The molecule has 1 amide bonds. The Bertz CT molecular complexity index is 174. The lowest BCUT2D eigenvalue weighted by molar-refractivity contribution is -0.120. The third-order valence-corrected chi connectivity index (χ3v) is 2.91. The summed E-state index contributed by atoms with van der Waals surface area (Å²) in [5.74, 6) is 1.03. The smallest absolute Gasteiger partial charge is 0.220 e. The van der Waals surface area contributed by atoms with Gasteiger partial charge < -0.3 is 11.1 Å². The Morgan fingerprint density at radius 3 is 2.69 bits per heavy atom. The van der Waals surface area contributed by atoms with Gasteiger partial charge in [0, 0.05) is 35.3 Å². The molecule has 0 saturated carbocycles. The van der Waals surface area contributed by atoms with Crippen LogP contribution in [0.25, 0.3) is 0 Å². The zero-order chi connectivity index (χ0) is 10.1. The highest BCUT2D eigenvalue weighted by atomic mass is 32.2. The van der Waals surface area contributed by atoms with Crippen molar-refractivity contribution < 1.29 is 9.00 Å². The maximum absolute atomic E-state index is 11.2. The Hall–Kier alpha value is -0.420. The van der Waals surface area contributed by atoms with Gasteiger partial charge in [-0.25, -0.2) is 0 Å². The van der Waals surface area contributed by atoms with Crippen LogP contribution in [0, 0.1) is 0 Å². The molecule has 0 aromatic heterocycles. The fraction of sp³-hybridized carbons (Fsp3) is 0.875. The molecule has 1 atom stereocenters. The summed E-state index contributed by atoms with van der Waals surface area (Å²) in [5.41, 5.74) is 5.27. The van der Waals surface area contributed by atoms with Gasteiger partial charge in [-0.15, -0.1) is 0 Å². The van der Waals surface area contributed by atoms with Gasteiger partial charge in [0.2, 0.25) is 5.91 Å². The van der Waals surface area contributed by atoms with Crippen LogP contribution >= 0.6 is 0 Å². The van der Waals surface area contributed by atoms with E-state index in [0.29, 0.717) is 31.0 Å². The Labute approximate surface area is 81.7 Å². The predicted molar refractivity (Wildman–Crippen MR) is 54.8 cm³/mol. The molecule has 0 radical (unpaired) electrons. The average molecular weight is 206 g/mol. The van der Waals surface area contributed by atoms with E-state index in [9.17, 15) is 9.00 Å². The Kier molecular flexibility index (Phi) is 7.93. The summed E-state index contributed by atoms with van der Waals surface area (Å²) in [5, 5.41) is 2.66. The van der Waals surface area contributed by atoms with Crippen molar-refractivity contribution in [3.63, 3.8) is 0 Å². The lowest BCUT2D eigenvalue weighted by Gasteiger charge is -2.01. The Balaban J connectivity index is 3.40. The molecule has 0 aromatic rings. The third-order valence-electron chi connectivity index (χ3n) is 1.51. The third kappa shape index (κ3) is 7.93. The van der Waals surface area contributed by atoms with E-state index >= 15 is 0 Å². The van der Waals surface area contributed by atoms with E-state index in [2.05, 4.69) is 5.32 Å². The maximum Gasteiger partial charge on any atom is 0.220 e. The first-order valence-electron chi connectivity index (χ1n) is 4.52. The molecular formula is C8H18N2O2S. The monoisotopic (exact) mass is 206 g/mol. The van der Waals surface area contributed by atoms with Gasteiger partial charge in [-0.05, 0) is 19.9 Å². The van der Waals surface area contributed by atoms with Crippen molar-refractivity contribution in [2.45, 2.75) is 19.8 Å². The lowest BCUT2D eigenvalue weighted by Crippen LogP contribution is -2.24. The summed E-state index contributed by atoms with van der Waals surface area (Å²) in [4.78, 5) is 11.0. The topological polar surface area (TPSA) is 72.2 Å². The summed E-state index contributed by atoms with van der Waals surface area (Å²) in [6.07, 6.45) is 1.12. The average Bonchev–Trinajstić information content (AvgIpc) is 2.12. The van der Waals surface area contributed by atoms with Crippen molar-refractivity contribution in [3.05, 3.63) is 0 Å². The number of nitrogens with one attached hydrogen (secondary N) is 1. The summed E-state index contributed by atoms with van der Waals surface area (Å²) in [6, 6.07) is 0. The molecule has 4 nitrogen and oxygen atoms in total. The number of amides is 1. The van der Waals surface area contributed by atoms with Crippen LogP contribution in [-0.4, -0.2) is 34.7 Å². The Morgan fingerprint density at radius 1 is 1.46 bits per heavy atom. The van der Waals surface area contributed by atoms with Crippen LogP contribution in [0.1, 0.15) is 19.8 Å². The Morgan fingerprint density at radius 2 is 2.15 bits per heavy atom. The predicted octanol–water partition coefficient (Wildman–Crippen LogP) is -0.390. The van der Waals surface area contributed by atoms with Crippen LogP contribution in [0.5, 0.6) is 0 Å². The normalized spacial score (nSPS) is 12.5. The highest BCUT2D eigenvalue weighted by Gasteiger charge is 2.03. The maximum atomic E-state index is 11.2. The van der Waals surface area contributed by atoms with Crippen molar-refractivity contribution in [3.8, 4) is 0 Å². The first kappa shape index (κ1) is 12.6. The molecule has 0 rings (SSSR count). The fourth-order valence-electron chi connectivity index (χ4n) is 0.838. The fourth-order valence-corrected chi connectivity index (χ4v) is 1.94. The van der Waals surface area contributed by atoms with Crippen LogP contribution in [0.4, 0.5) is 0 Å². The van der Waals surface area contributed by atoms with E-state index in [-0.39, 0.29) is 5.91 Å². The summed E-state index contributed by atoms with van der Waals surface area (Å²) in [7, 11) is -0.885. The van der Waals surface area contributed by atoms with E-state index in [4.69, 9.17) is 5.73 Å². The quantitative estimate of drug-likeness (QED) is 0.596. The molecule has 13 heavy (non-hydrogen) atoms. The van der Waals surface area contributed by atoms with Crippen molar-refractivity contribution in [2.24, 2.45) is 5.73 Å². The van der Waals surface area contributed by atoms with E-state index in [1.807, 2.05) is 6.92 Å². The zero-order valence-corrected chi connectivity index (χ0v) is 8.86. The summed E-state index contributed by atoms with van der Waals surface area (Å²) >= 11 is 0. The molecular weight excluding hydrogens is 188 g/mol. The second-order valence-electron chi connectivity index (χ2n) is 2.69. The molecule has 0 spiro atoms. The number of carbonyl (C=O) groups is 1. The van der Waals surface area contributed by atoms with Crippen molar-refractivity contribution in [1.82, 2.24) is 5.32 Å². The molecule has 0 aliphatic carbocycles. The minimum atomic E-state index is -0.885. The van der Waals surface area contributed by atoms with Gasteiger partial charge >= 0.3 is 0 Å². The molecule has 0 fully saturated rings. The molecule has 78 valence electrons. The minimum absolute atomic E-state index is 0.0244. The number of hydrogen-bond acceptors (Lipinski definition) is 3. The standard InChI is InChI=1S/C8H18N2O2S/c1-2-10-8(11)4-7-13(12)6-3-5-9/h2-7,9H2,1H3,(H,10,11). The first-order chi connectivity index (χ1) is 6.20. The van der Waals surface area contributed by atoms with Crippen LogP contribution in [0.3, 0.4) is 0 Å². The molecule has 1 unspecified atom stereocenters. The van der Waals surface area contributed by atoms with Gasteiger partial charge in [-0.1, -0.05) is 0 Å².